The fourth-order valence-corrected chi connectivity index (χ4v) is 2.48. The number of carbonyl (C=O) groups is 1. The van der Waals surface area contributed by atoms with Crippen LogP contribution in [0, 0.1) is 0 Å². The summed E-state index contributed by atoms with van der Waals surface area (Å²) in [6.07, 6.45) is 2.74. The van der Waals surface area contributed by atoms with Crippen LogP contribution < -0.4 is 11.1 Å². The molecule has 106 valence electrons. The maximum atomic E-state index is 12.1. The van der Waals surface area contributed by atoms with Gasteiger partial charge >= 0.3 is 0 Å². The first-order chi connectivity index (χ1) is 9.27. The van der Waals surface area contributed by atoms with Gasteiger partial charge in [0.2, 0.25) is 0 Å². The van der Waals surface area contributed by atoms with E-state index in [0.29, 0.717) is 17.1 Å². The molecule has 0 bridgehead atoms. The Labute approximate surface area is 117 Å². The van der Waals surface area contributed by atoms with E-state index in [1.807, 2.05) is 0 Å². The fourth-order valence-electron chi connectivity index (χ4n) is 1.82. The number of nitrogens with two attached hydrogens (primary N) is 1. The van der Waals surface area contributed by atoms with Crippen LogP contribution in [0.3, 0.4) is 0 Å². The summed E-state index contributed by atoms with van der Waals surface area (Å²) < 4.78 is 24.5. The number of benzene rings is 1. The zero-order valence-corrected chi connectivity index (χ0v) is 11.9. The van der Waals surface area contributed by atoms with Gasteiger partial charge in [0.25, 0.3) is 5.91 Å². The molecule has 6 nitrogen and oxygen atoms in total. The molecular formula is C13H15N3O3S. The highest BCUT2D eigenvalue weighted by molar-refractivity contribution is 7.90. The van der Waals surface area contributed by atoms with Crippen molar-refractivity contribution in [1.82, 2.24) is 4.57 Å². The van der Waals surface area contributed by atoms with Crippen molar-refractivity contribution >= 4 is 27.1 Å². The van der Waals surface area contributed by atoms with Gasteiger partial charge in [0.15, 0.2) is 9.84 Å². The standard InChI is InChI=1S/C13H15N3O3S/c1-16-8-9(14)6-12(16)13(17)15-10-4-3-5-11(7-10)20(2,18)19/h3-8H,14H2,1-2H3,(H,15,17). The van der Waals surface area contributed by atoms with Gasteiger partial charge in [-0.25, -0.2) is 8.42 Å². The van der Waals surface area contributed by atoms with Crippen LogP contribution in [0.5, 0.6) is 0 Å². The summed E-state index contributed by atoms with van der Waals surface area (Å²) in [6.45, 7) is 0. The van der Waals surface area contributed by atoms with E-state index in [9.17, 15) is 13.2 Å². The molecule has 20 heavy (non-hydrogen) atoms. The molecule has 2 rings (SSSR count). The molecule has 0 fully saturated rings. The smallest absolute Gasteiger partial charge is 0.272 e. The number of amides is 1. The summed E-state index contributed by atoms with van der Waals surface area (Å²) >= 11 is 0. The molecule has 0 atom stereocenters. The second kappa shape index (κ2) is 5.01. The molecule has 1 heterocycles. The van der Waals surface area contributed by atoms with E-state index in [2.05, 4.69) is 5.32 Å². The highest BCUT2D eigenvalue weighted by Crippen LogP contribution is 2.17. The number of rotatable bonds is 3. The minimum atomic E-state index is -3.31. The van der Waals surface area contributed by atoms with Crippen LogP contribution in [0.4, 0.5) is 11.4 Å². The molecule has 0 saturated carbocycles. The van der Waals surface area contributed by atoms with E-state index in [4.69, 9.17) is 5.73 Å². The number of nitrogen functional groups attached to an aromatic ring is 1. The highest BCUT2D eigenvalue weighted by Gasteiger charge is 2.13. The number of nitrogens with zero attached hydrogens (tertiary/aromatic N) is 1. The Kier molecular flexibility index (Phi) is 3.54. The third-order valence-electron chi connectivity index (χ3n) is 2.78. The summed E-state index contributed by atoms with van der Waals surface area (Å²) in [5.74, 6) is -0.352. The molecule has 0 aliphatic rings. The average molecular weight is 293 g/mol. The van der Waals surface area contributed by atoms with E-state index in [0.717, 1.165) is 6.26 Å². The van der Waals surface area contributed by atoms with Crippen molar-refractivity contribution in [2.75, 3.05) is 17.3 Å². The Morgan fingerprint density at radius 2 is 2.00 bits per heavy atom. The van der Waals surface area contributed by atoms with Gasteiger partial charge < -0.3 is 15.6 Å². The van der Waals surface area contributed by atoms with Crippen LogP contribution in [0.15, 0.2) is 41.4 Å². The molecule has 1 aromatic carbocycles. The number of aryl methyl sites for hydroxylation is 1. The molecule has 1 amide bonds. The van der Waals surface area contributed by atoms with Crippen LogP contribution in [0.1, 0.15) is 10.5 Å². The van der Waals surface area contributed by atoms with Crippen molar-refractivity contribution in [3.63, 3.8) is 0 Å². The van der Waals surface area contributed by atoms with Crippen LogP contribution in [0.25, 0.3) is 0 Å². The van der Waals surface area contributed by atoms with Crippen LogP contribution >= 0.6 is 0 Å². The van der Waals surface area contributed by atoms with E-state index >= 15 is 0 Å². The monoisotopic (exact) mass is 293 g/mol. The average Bonchev–Trinajstić information content (AvgIpc) is 2.68. The summed E-state index contributed by atoms with van der Waals surface area (Å²) in [7, 11) is -1.60. The van der Waals surface area contributed by atoms with Crippen molar-refractivity contribution < 1.29 is 13.2 Å². The molecule has 2 aromatic rings. The van der Waals surface area contributed by atoms with Gasteiger partial charge in [0.1, 0.15) is 5.69 Å². The van der Waals surface area contributed by atoms with Gasteiger partial charge in [0, 0.05) is 25.2 Å². The van der Waals surface area contributed by atoms with Gasteiger partial charge in [-0.05, 0) is 24.3 Å². The predicted molar refractivity (Wildman–Crippen MR) is 77.3 cm³/mol. The van der Waals surface area contributed by atoms with Crippen molar-refractivity contribution in [3.8, 4) is 0 Å². The van der Waals surface area contributed by atoms with Crippen molar-refractivity contribution in [2.24, 2.45) is 7.05 Å². The van der Waals surface area contributed by atoms with Crippen LogP contribution in [0.2, 0.25) is 0 Å². The zero-order valence-electron chi connectivity index (χ0n) is 11.1. The van der Waals surface area contributed by atoms with E-state index < -0.39 is 9.84 Å². The molecule has 0 aliphatic heterocycles. The molecule has 0 radical (unpaired) electrons. The highest BCUT2D eigenvalue weighted by atomic mass is 32.2. The molecule has 0 unspecified atom stereocenters. The van der Waals surface area contributed by atoms with Crippen molar-refractivity contribution in [2.45, 2.75) is 4.90 Å². The number of sulfone groups is 1. The third-order valence-corrected chi connectivity index (χ3v) is 3.89. The first kappa shape index (κ1) is 14.1. The number of hydrogen-bond donors (Lipinski definition) is 2. The van der Waals surface area contributed by atoms with Gasteiger partial charge in [-0.2, -0.15) is 0 Å². The Morgan fingerprint density at radius 3 is 2.55 bits per heavy atom. The number of anilines is 2. The molecule has 1 aromatic heterocycles. The van der Waals surface area contributed by atoms with Gasteiger partial charge in [0.05, 0.1) is 10.6 Å². The van der Waals surface area contributed by atoms with Gasteiger partial charge in [-0.3, -0.25) is 4.79 Å². The maximum absolute atomic E-state index is 12.1. The Hall–Kier alpha value is -2.28. The summed E-state index contributed by atoms with van der Waals surface area (Å²) in [5.41, 5.74) is 6.91. The maximum Gasteiger partial charge on any atom is 0.272 e. The zero-order chi connectivity index (χ0) is 14.9. The number of nitrogens with one attached hydrogen (secondary N) is 1. The third kappa shape index (κ3) is 3.00. The largest absolute Gasteiger partial charge is 0.397 e. The molecule has 0 saturated heterocycles. The Bertz CT molecular complexity index is 763. The minimum absolute atomic E-state index is 0.154. The molecular weight excluding hydrogens is 278 g/mol. The summed E-state index contributed by atoms with van der Waals surface area (Å²) in [6, 6.07) is 7.64. The SMILES string of the molecule is Cn1cc(N)cc1C(=O)Nc1cccc(S(C)(=O)=O)c1. The first-order valence-electron chi connectivity index (χ1n) is 5.80. The fraction of sp³-hybridized carbons (Fsp3) is 0.154. The number of carbonyl (C=O) groups excluding carboxylic acids is 1. The quantitative estimate of drug-likeness (QED) is 0.890. The van der Waals surface area contributed by atoms with Crippen LogP contribution in [-0.4, -0.2) is 25.1 Å². The minimum Gasteiger partial charge on any atom is -0.397 e. The molecule has 3 N–H and O–H groups in total. The second-order valence-electron chi connectivity index (χ2n) is 4.52. The lowest BCUT2D eigenvalue weighted by molar-refractivity contribution is 0.101. The van der Waals surface area contributed by atoms with Gasteiger partial charge in [-0.1, -0.05) is 6.07 Å². The van der Waals surface area contributed by atoms with Crippen molar-refractivity contribution in [3.05, 3.63) is 42.2 Å². The normalized spacial score (nSPS) is 11.3. The van der Waals surface area contributed by atoms with Gasteiger partial charge in [-0.15, -0.1) is 0 Å². The lowest BCUT2D eigenvalue weighted by Gasteiger charge is -2.07. The van der Waals surface area contributed by atoms with E-state index in [1.165, 1.54) is 12.1 Å². The molecule has 0 aliphatic carbocycles. The summed E-state index contributed by atoms with van der Waals surface area (Å²) in [5, 5.41) is 2.65. The topological polar surface area (TPSA) is 94.2 Å². The molecule has 7 heteroatoms. The molecule has 0 spiro atoms. The Morgan fingerprint density at radius 1 is 1.30 bits per heavy atom. The second-order valence-corrected chi connectivity index (χ2v) is 6.54. The lowest BCUT2D eigenvalue weighted by atomic mass is 10.3. The number of aromatic nitrogens is 1. The van der Waals surface area contributed by atoms with Crippen molar-refractivity contribution in [1.29, 1.82) is 0 Å². The Balaban J connectivity index is 2.27. The van der Waals surface area contributed by atoms with E-state index in [-0.39, 0.29) is 10.8 Å². The van der Waals surface area contributed by atoms with E-state index in [1.54, 1.807) is 36.0 Å². The first-order valence-corrected chi connectivity index (χ1v) is 7.70. The predicted octanol–water partition coefficient (Wildman–Crippen LogP) is 1.26. The number of hydrogen-bond acceptors (Lipinski definition) is 4. The van der Waals surface area contributed by atoms with Crippen LogP contribution in [-0.2, 0) is 16.9 Å². The summed E-state index contributed by atoms with van der Waals surface area (Å²) in [4.78, 5) is 12.2. The lowest BCUT2D eigenvalue weighted by Crippen LogP contribution is -2.15.